The van der Waals surface area contributed by atoms with Gasteiger partial charge in [-0.25, -0.2) is 0 Å². The first kappa shape index (κ1) is 24.0. The third kappa shape index (κ3) is 6.86. The van der Waals surface area contributed by atoms with E-state index >= 15 is 0 Å². The molecule has 1 saturated carbocycles. The summed E-state index contributed by atoms with van der Waals surface area (Å²) in [6.07, 6.45) is 6.97. The van der Waals surface area contributed by atoms with Crippen LogP contribution in [-0.4, -0.2) is 36.9 Å². The molecule has 1 saturated heterocycles. The summed E-state index contributed by atoms with van der Waals surface area (Å²) in [4.78, 5) is 18.2. The van der Waals surface area contributed by atoms with Gasteiger partial charge in [0.25, 0.3) is 0 Å². The second-order valence-electron chi connectivity index (χ2n) is 8.97. The summed E-state index contributed by atoms with van der Waals surface area (Å²) in [5, 5.41) is 7.00. The van der Waals surface area contributed by atoms with Gasteiger partial charge >= 0.3 is 0 Å². The number of nitrogens with zero attached hydrogens (tertiary/aromatic N) is 2. The van der Waals surface area contributed by atoms with Crippen LogP contribution >= 0.6 is 24.0 Å². The Kier molecular flexibility index (Phi) is 9.24. The highest BCUT2D eigenvalue weighted by Gasteiger charge is 2.37. The summed E-state index contributed by atoms with van der Waals surface area (Å²) in [5.41, 5.74) is 2.86. The Morgan fingerprint density at radius 1 is 1.21 bits per heavy atom. The van der Waals surface area contributed by atoms with Gasteiger partial charge in [0.15, 0.2) is 5.96 Å². The second-order valence-corrected chi connectivity index (χ2v) is 8.97. The number of rotatable bonds is 8. The molecule has 0 spiro atoms. The number of benzene rings is 1. The first-order valence-electron chi connectivity index (χ1n) is 10.8. The summed E-state index contributed by atoms with van der Waals surface area (Å²) in [6.45, 7) is 7.97. The Hall–Kier alpha value is -1.31. The standard InChI is InChI=1S/C23H36N4O.HI/c1-18(2)14-23(10-6-11-23)17-26-22(24-3)25-15-19-7-4-8-20(13-19)16-27-12-5-9-21(27)28;/h4,7-8,13,18H,5-6,9-12,14-17H2,1-3H3,(H2,24,25,26);1H. The van der Waals surface area contributed by atoms with Gasteiger partial charge in [-0.05, 0) is 48.1 Å². The van der Waals surface area contributed by atoms with Crippen molar-refractivity contribution in [3.05, 3.63) is 35.4 Å². The van der Waals surface area contributed by atoms with Gasteiger partial charge in [0.2, 0.25) is 5.91 Å². The van der Waals surface area contributed by atoms with Crippen LogP contribution in [0.25, 0.3) is 0 Å². The van der Waals surface area contributed by atoms with Crippen LogP contribution in [0.4, 0.5) is 0 Å². The average Bonchev–Trinajstić information content (AvgIpc) is 3.04. The van der Waals surface area contributed by atoms with E-state index in [4.69, 9.17) is 0 Å². The van der Waals surface area contributed by atoms with E-state index < -0.39 is 0 Å². The molecule has 0 radical (unpaired) electrons. The van der Waals surface area contributed by atoms with E-state index in [0.29, 0.717) is 11.8 Å². The van der Waals surface area contributed by atoms with Crippen LogP contribution < -0.4 is 10.6 Å². The monoisotopic (exact) mass is 512 g/mol. The quantitative estimate of drug-likeness (QED) is 0.310. The number of guanidine groups is 1. The van der Waals surface area contributed by atoms with Crippen molar-refractivity contribution in [1.29, 1.82) is 0 Å². The molecule has 1 aliphatic heterocycles. The van der Waals surface area contributed by atoms with Crippen molar-refractivity contribution >= 4 is 35.8 Å². The zero-order valence-electron chi connectivity index (χ0n) is 18.2. The van der Waals surface area contributed by atoms with Crippen LogP contribution in [0.1, 0.15) is 63.5 Å². The molecule has 2 N–H and O–H groups in total. The summed E-state index contributed by atoms with van der Waals surface area (Å²) < 4.78 is 0. The molecule has 2 fully saturated rings. The maximum absolute atomic E-state index is 11.9. The minimum Gasteiger partial charge on any atom is -0.356 e. The van der Waals surface area contributed by atoms with Crippen LogP contribution in [0.3, 0.4) is 0 Å². The predicted octanol–water partition coefficient (Wildman–Crippen LogP) is 4.31. The Morgan fingerprint density at radius 3 is 2.55 bits per heavy atom. The maximum atomic E-state index is 11.9. The van der Waals surface area contributed by atoms with E-state index in [-0.39, 0.29) is 29.9 Å². The number of hydrogen-bond acceptors (Lipinski definition) is 2. The summed E-state index contributed by atoms with van der Waals surface area (Å²) in [6, 6.07) is 8.50. The topological polar surface area (TPSA) is 56.7 Å². The van der Waals surface area contributed by atoms with Gasteiger partial charge in [0, 0.05) is 39.6 Å². The molecule has 1 heterocycles. The van der Waals surface area contributed by atoms with Gasteiger partial charge < -0.3 is 15.5 Å². The fourth-order valence-corrected chi connectivity index (χ4v) is 4.60. The molecule has 1 aliphatic carbocycles. The third-order valence-corrected chi connectivity index (χ3v) is 6.11. The fourth-order valence-electron chi connectivity index (χ4n) is 4.60. The molecule has 1 aromatic carbocycles. The lowest BCUT2D eigenvalue weighted by Crippen LogP contribution is -2.46. The molecule has 0 bridgehead atoms. The van der Waals surface area contributed by atoms with Crippen LogP contribution in [0, 0.1) is 11.3 Å². The third-order valence-electron chi connectivity index (χ3n) is 6.11. The van der Waals surface area contributed by atoms with Crippen molar-refractivity contribution in [2.75, 3.05) is 20.1 Å². The molecular formula is C23H37IN4O. The SMILES string of the molecule is CN=C(NCc1cccc(CN2CCCC2=O)c1)NCC1(CC(C)C)CCC1.I. The van der Waals surface area contributed by atoms with Crippen molar-refractivity contribution < 1.29 is 4.79 Å². The minimum atomic E-state index is 0. The molecule has 2 aliphatic rings. The number of aliphatic imine (C=N–C) groups is 1. The normalized spacial score (nSPS) is 18.4. The van der Waals surface area contributed by atoms with Crippen LogP contribution in [0.2, 0.25) is 0 Å². The first-order valence-corrected chi connectivity index (χ1v) is 10.8. The minimum absolute atomic E-state index is 0. The van der Waals surface area contributed by atoms with Gasteiger partial charge in [-0.3, -0.25) is 9.79 Å². The van der Waals surface area contributed by atoms with Crippen molar-refractivity contribution in [3.8, 4) is 0 Å². The lowest BCUT2D eigenvalue weighted by Gasteiger charge is -2.43. The Balaban J connectivity index is 0.00000300. The van der Waals surface area contributed by atoms with Crippen LogP contribution in [0.5, 0.6) is 0 Å². The van der Waals surface area contributed by atoms with Gasteiger partial charge in [0.05, 0.1) is 0 Å². The van der Waals surface area contributed by atoms with Crippen molar-refractivity contribution in [2.45, 2.75) is 65.5 Å². The van der Waals surface area contributed by atoms with Crippen molar-refractivity contribution in [3.63, 3.8) is 0 Å². The number of carbonyl (C=O) groups is 1. The van der Waals surface area contributed by atoms with Gasteiger partial charge in [-0.15, -0.1) is 24.0 Å². The molecule has 6 heteroatoms. The van der Waals surface area contributed by atoms with E-state index in [0.717, 1.165) is 44.5 Å². The van der Waals surface area contributed by atoms with Crippen molar-refractivity contribution in [2.24, 2.45) is 16.3 Å². The molecule has 29 heavy (non-hydrogen) atoms. The predicted molar refractivity (Wildman–Crippen MR) is 130 cm³/mol. The highest BCUT2D eigenvalue weighted by Crippen LogP contribution is 2.45. The molecule has 1 amide bonds. The Bertz CT molecular complexity index is 700. The lowest BCUT2D eigenvalue weighted by molar-refractivity contribution is -0.128. The number of likely N-dealkylation sites (tertiary alicyclic amines) is 1. The summed E-state index contributed by atoms with van der Waals surface area (Å²) in [7, 11) is 1.83. The largest absolute Gasteiger partial charge is 0.356 e. The molecule has 3 rings (SSSR count). The zero-order valence-corrected chi connectivity index (χ0v) is 20.5. The molecule has 0 aromatic heterocycles. The van der Waals surface area contributed by atoms with E-state index in [9.17, 15) is 4.79 Å². The Morgan fingerprint density at radius 2 is 1.97 bits per heavy atom. The highest BCUT2D eigenvalue weighted by molar-refractivity contribution is 14.0. The van der Waals surface area contributed by atoms with E-state index in [2.05, 4.69) is 53.7 Å². The molecule has 0 unspecified atom stereocenters. The maximum Gasteiger partial charge on any atom is 0.222 e. The molecule has 1 aromatic rings. The molecule has 162 valence electrons. The second kappa shape index (κ2) is 11.2. The molecule has 5 nitrogen and oxygen atoms in total. The Labute approximate surface area is 193 Å². The average molecular weight is 512 g/mol. The van der Waals surface area contributed by atoms with Crippen molar-refractivity contribution in [1.82, 2.24) is 15.5 Å². The molecular weight excluding hydrogens is 475 g/mol. The van der Waals surface area contributed by atoms with Gasteiger partial charge in [-0.1, -0.05) is 44.5 Å². The zero-order chi connectivity index (χ0) is 20.0. The lowest BCUT2D eigenvalue weighted by atomic mass is 9.64. The summed E-state index contributed by atoms with van der Waals surface area (Å²) in [5.74, 6) is 1.89. The van der Waals surface area contributed by atoms with E-state index in [1.165, 1.54) is 36.8 Å². The van der Waals surface area contributed by atoms with Crippen LogP contribution in [-0.2, 0) is 17.9 Å². The smallest absolute Gasteiger partial charge is 0.222 e. The number of hydrogen-bond donors (Lipinski definition) is 2. The molecule has 0 atom stereocenters. The fraction of sp³-hybridized carbons (Fsp3) is 0.652. The number of nitrogens with one attached hydrogen (secondary N) is 2. The summed E-state index contributed by atoms with van der Waals surface area (Å²) >= 11 is 0. The highest BCUT2D eigenvalue weighted by atomic mass is 127. The van der Waals surface area contributed by atoms with Crippen LogP contribution in [0.15, 0.2) is 29.3 Å². The van der Waals surface area contributed by atoms with Gasteiger partial charge in [-0.2, -0.15) is 0 Å². The first-order chi connectivity index (χ1) is 13.5. The van der Waals surface area contributed by atoms with E-state index in [1.807, 2.05) is 11.9 Å². The van der Waals surface area contributed by atoms with E-state index in [1.54, 1.807) is 0 Å². The number of amides is 1. The van der Waals surface area contributed by atoms with Gasteiger partial charge in [0.1, 0.15) is 0 Å². The number of carbonyl (C=O) groups excluding carboxylic acids is 1. The number of halogens is 1.